The van der Waals surface area contributed by atoms with Crippen molar-refractivity contribution in [1.29, 1.82) is 0 Å². The lowest BCUT2D eigenvalue weighted by Gasteiger charge is -2.27. The molecule has 1 aromatic rings. The second-order valence-electron chi connectivity index (χ2n) is 5.90. The largest absolute Gasteiger partial charge is 0.309 e. The molecule has 0 spiro atoms. The van der Waals surface area contributed by atoms with Crippen LogP contribution in [0.5, 0.6) is 0 Å². The van der Waals surface area contributed by atoms with Crippen molar-refractivity contribution in [3.05, 3.63) is 34.9 Å². The molecule has 0 bridgehead atoms. The second-order valence-corrected chi connectivity index (χ2v) is 5.90. The third-order valence-corrected chi connectivity index (χ3v) is 4.07. The molecule has 0 aromatic heterocycles. The minimum Gasteiger partial charge on any atom is -0.309 e. The van der Waals surface area contributed by atoms with E-state index in [2.05, 4.69) is 51.2 Å². The summed E-state index contributed by atoms with van der Waals surface area (Å²) in [6, 6.07) is 7.42. The van der Waals surface area contributed by atoms with Gasteiger partial charge in [0.2, 0.25) is 0 Å². The molecule has 0 heterocycles. The first-order chi connectivity index (χ1) is 8.07. The van der Waals surface area contributed by atoms with Crippen LogP contribution in [0.1, 0.15) is 55.8 Å². The first kappa shape index (κ1) is 12.6. The summed E-state index contributed by atoms with van der Waals surface area (Å²) in [4.78, 5) is 0. The fourth-order valence-electron chi connectivity index (χ4n) is 2.66. The molecule has 1 aliphatic carbocycles. The third kappa shape index (κ3) is 2.71. The maximum absolute atomic E-state index is 3.75. The molecular weight excluding hydrogens is 206 g/mol. The van der Waals surface area contributed by atoms with Crippen LogP contribution in [0.3, 0.4) is 0 Å². The lowest BCUT2D eigenvalue weighted by Crippen LogP contribution is -2.29. The first-order valence-corrected chi connectivity index (χ1v) is 6.87. The number of hydrogen-bond acceptors (Lipinski definition) is 1. The van der Waals surface area contributed by atoms with Crippen LogP contribution in [0.4, 0.5) is 0 Å². The molecule has 1 nitrogen and oxygen atoms in total. The molecule has 17 heavy (non-hydrogen) atoms. The van der Waals surface area contributed by atoms with E-state index in [0.717, 1.165) is 6.54 Å². The summed E-state index contributed by atoms with van der Waals surface area (Å²) < 4.78 is 0. The molecule has 1 unspecified atom stereocenters. The molecule has 1 atom stereocenters. The van der Waals surface area contributed by atoms with Gasteiger partial charge in [0.1, 0.15) is 0 Å². The van der Waals surface area contributed by atoms with Crippen LogP contribution in [0.25, 0.3) is 0 Å². The Morgan fingerprint density at radius 2 is 2.00 bits per heavy atom. The number of rotatable bonds is 5. The number of nitrogens with one attached hydrogen (secondary N) is 1. The van der Waals surface area contributed by atoms with Crippen LogP contribution in [-0.4, -0.2) is 6.54 Å². The average molecular weight is 231 g/mol. The van der Waals surface area contributed by atoms with Gasteiger partial charge in [-0.3, -0.25) is 0 Å². The van der Waals surface area contributed by atoms with Crippen molar-refractivity contribution in [1.82, 2.24) is 5.32 Å². The lowest BCUT2D eigenvalue weighted by atomic mass is 9.88. The summed E-state index contributed by atoms with van der Waals surface area (Å²) in [5.74, 6) is 0. The van der Waals surface area contributed by atoms with Crippen molar-refractivity contribution in [2.24, 2.45) is 5.41 Å². The van der Waals surface area contributed by atoms with Gasteiger partial charge in [-0.2, -0.15) is 0 Å². The number of hydrogen-bond donors (Lipinski definition) is 1. The molecule has 1 N–H and O–H groups in total. The van der Waals surface area contributed by atoms with E-state index in [1.54, 1.807) is 0 Å². The number of benzene rings is 1. The van der Waals surface area contributed by atoms with Crippen molar-refractivity contribution < 1.29 is 0 Å². The first-order valence-electron chi connectivity index (χ1n) is 6.87. The molecule has 94 valence electrons. The summed E-state index contributed by atoms with van der Waals surface area (Å²) in [6.07, 6.45) is 3.93. The highest BCUT2D eigenvalue weighted by Gasteiger charge is 2.45. The quantitative estimate of drug-likeness (QED) is 0.803. The van der Waals surface area contributed by atoms with Crippen LogP contribution in [-0.2, 0) is 0 Å². The van der Waals surface area contributed by atoms with Gasteiger partial charge in [-0.25, -0.2) is 0 Å². The summed E-state index contributed by atoms with van der Waals surface area (Å²) in [5, 5.41) is 3.75. The molecule has 1 aliphatic rings. The van der Waals surface area contributed by atoms with Gasteiger partial charge in [-0.1, -0.05) is 37.6 Å². The van der Waals surface area contributed by atoms with Crippen LogP contribution < -0.4 is 5.32 Å². The Morgan fingerprint density at radius 1 is 1.29 bits per heavy atom. The highest BCUT2D eigenvalue weighted by molar-refractivity contribution is 5.35. The zero-order valence-corrected chi connectivity index (χ0v) is 11.6. The normalized spacial score (nSPS) is 19.1. The minimum atomic E-state index is 0.495. The molecule has 1 saturated carbocycles. The topological polar surface area (TPSA) is 12.0 Å². The van der Waals surface area contributed by atoms with E-state index in [0.29, 0.717) is 11.5 Å². The summed E-state index contributed by atoms with van der Waals surface area (Å²) in [7, 11) is 0. The predicted molar refractivity (Wildman–Crippen MR) is 74.3 cm³/mol. The van der Waals surface area contributed by atoms with Crippen LogP contribution in [0.15, 0.2) is 18.2 Å². The van der Waals surface area contributed by atoms with E-state index < -0.39 is 0 Å². The van der Waals surface area contributed by atoms with E-state index in [-0.39, 0.29) is 0 Å². The van der Waals surface area contributed by atoms with Gasteiger partial charge in [0.15, 0.2) is 0 Å². The Labute approximate surface area is 106 Å². The van der Waals surface area contributed by atoms with Gasteiger partial charge in [0, 0.05) is 6.04 Å². The third-order valence-electron chi connectivity index (χ3n) is 4.07. The van der Waals surface area contributed by atoms with E-state index in [9.17, 15) is 0 Å². The minimum absolute atomic E-state index is 0.495. The molecule has 0 radical (unpaired) electrons. The van der Waals surface area contributed by atoms with E-state index in [4.69, 9.17) is 0 Å². The van der Waals surface area contributed by atoms with Crippen molar-refractivity contribution in [2.75, 3.05) is 6.54 Å². The zero-order valence-electron chi connectivity index (χ0n) is 11.6. The van der Waals surface area contributed by atoms with Gasteiger partial charge < -0.3 is 5.32 Å². The Morgan fingerprint density at radius 3 is 2.53 bits per heavy atom. The molecule has 1 aromatic carbocycles. The smallest absolute Gasteiger partial charge is 0.0377 e. The summed E-state index contributed by atoms with van der Waals surface area (Å²) in [5.41, 5.74) is 4.80. The van der Waals surface area contributed by atoms with E-state index in [1.807, 2.05) is 0 Å². The molecule has 1 fully saturated rings. The molecule has 0 aliphatic heterocycles. The van der Waals surface area contributed by atoms with Crippen molar-refractivity contribution in [3.8, 4) is 0 Å². The monoisotopic (exact) mass is 231 g/mol. The Hall–Kier alpha value is -0.820. The fourth-order valence-corrected chi connectivity index (χ4v) is 2.66. The SMILES string of the molecule is CCCNC(c1ccc(C)cc1C)C1(C)CC1. The van der Waals surface area contributed by atoms with Crippen molar-refractivity contribution in [2.45, 2.75) is 53.0 Å². The molecule has 0 amide bonds. The highest BCUT2D eigenvalue weighted by atomic mass is 14.9. The van der Waals surface area contributed by atoms with E-state index >= 15 is 0 Å². The number of aryl methyl sites for hydroxylation is 2. The molecule has 2 rings (SSSR count). The van der Waals surface area contributed by atoms with Gasteiger partial charge in [-0.05, 0) is 56.2 Å². The van der Waals surface area contributed by atoms with Crippen molar-refractivity contribution in [3.63, 3.8) is 0 Å². The Kier molecular flexibility index (Phi) is 3.58. The van der Waals surface area contributed by atoms with Gasteiger partial charge in [0.05, 0.1) is 0 Å². The fraction of sp³-hybridized carbons (Fsp3) is 0.625. The van der Waals surface area contributed by atoms with Crippen LogP contribution in [0, 0.1) is 19.3 Å². The van der Waals surface area contributed by atoms with Crippen molar-refractivity contribution >= 4 is 0 Å². The Bertz CT molecular complexity index is 391. The maximum atomic E-state index is 3.75. The predicted octanol–water partition coefficient (Wildman–Crippen LogP) is 4.14. The van der Waals surface area contributed by atoms with E-state index in [1.165, 1.54) is 36.0 Å². The second kappa shape index (κ2) is 4.81. The van der Waals surface area contributed by atoms with Crippen LogP contribution in [0.2, 0.25) is 0 Å². The van der Waals surface area contributed by atoms with Crippen LogP contribution >= 0.6 is 0 Å². The van der Waals surface area contributed by atoms with Gasteiger partial charge in [-0.15, -0.1) is 0 Å². The standard InChI is InChI=1S/C16H25N/c1-5-10-17-15(16(4)8-9-16)14-7-6-12(2)11-13(14)3/h6-7,11,15,17H,5,8-10H2,1-4H3. The average Bonchev–Trinajstić information content (AvgIpc) is 3.00. The molecule has 1 heteroatoms. The Balaban J connectivity index is 2.25. The summed E-state index contributed by atoms with van der Waals surface area (Å²) >= 11 is 0. The van der Waals surface area contributed by atoms with Gasteiger partial charge >= 0.3 is 0 Å². The molecule has 0 saturated heterocycles. The zero-order chi connectivity index (χ0) is 12.5. The van der Waals surface area contributed by atoms with Gasteiger partial charge in [0.25, 0.3) is 0 Å². The molecular formula is C16H25N. The lowest BCUT2D eigenvalue weighted by molar-refractivity contribution is 0.365. The maximum Gasteiger partial charge on any atom is 0.0377 e. The highest BCUT2D eigenvalue weighted by Crippen LogP contribution is 2.54. The summed E-state index contributed by atoms with van der Waals surface area (Å²) in [6.45, 7) is 10.2.